The molecule has 0 atom stereocenters. The van der Waals surface area contributed by atoms with Crippen molar-refractivity contribution in [1.82, 2.24) is 0 Å². The topological polar surface area (TPSA) is 45.5 Å². The first-order valence-corrected chi connectivity index (χ1v) is 5.78. The Kier molecular flexibility index (Phi) is 3.58. The summed E-state index contributed by atoms with van der Waals surface area (Å²) in [5, 5.41) is 2.90. The molecule has 2 aromatic rings. The molecule has 0 aliphatic heterocycles. The van der Waals surface area contributed by atoms with Gasteiger partial charge in [-0.25, -0.2) is 0 Å². The first-order chi connectivity index (χ1) is 8.59. The highest BCUT2D eigenvalue weighted by molar-refractivity contribution is 6.32. The maximum atomic E-state index is 12.0. The Balaban J connectivity index is 2.25. The molecule has 5 heteroatoms. The monoisotopic (exact) mass is 264 g/mol. The van der Waals surface area contributed by atoms with Crippen LogP contribution in [0.3, 0.4) is 0 Å². The molecule has 0 saturated carbocycles. The van der Waals surface area contributed by atoms with Crippen LogP contribution in [0.15, 0.2) is 41.0 Å². The molecule has 0 saturated heterocycles. The molecule has 0 spiro atoms. The second kappa shape index (κ2) is 5.14. The smallest absolute Gasteiger partial charge is 0.260 e. The van der Waals surface area contributed by atoms with E-state index in [4.69, 9.17) is 16.0 Å². The molecule has 1 aromatic heterocycles. The van der Waals surface area contributed by atoms with Crippen LogP contribution in [0.5, 0.6) is 0 Å². The van der Waals surface area contributed by atoms with Crippen LogP contribution in [0.4, 0.5) is 11.4 Å². The normalized spacial score (nSPS) is 10.2. The van der Waals surface area contributed by atoms with Gasteiger partial charge in [0.25, 0.3) is 5.91 Å². The molecular formula is C13H13ClN2O2. The minimum Gasteiger partial charge on any atom is -0.452 e. The predicted molar refractivity (Wildman–Crippen MR) is 72.4 cm³/mol. The van der Waals surface area contributed by atoms with Gasteiger partial charge in [-0.2, -0.15) is 0 Å². The molecule has 0 radical (unpaired) electrons. The zero-order valence-corrected chi connectivity index (χ0v) is 10.9. The summed E-state index contributed by atoms with van der Waals surface area (Å²) in [7, 11) is 3.83. The lowest BCUT2D eigenvalue weighted by atomic mass is 10.2. The molecule has 0 unspecified atom stereocenters. The zero-order chi connectivity index (χ0) is 13.1. The summed E-state index contributed by atoms with van der Waals surface area (Å²) >= 11 is 5.77. The van der Waals surface area contributed by atoms with Crippen LogP contribution >= 0.6 is 11.6 Å². The van der Waals surface area contributed by atoms with Crippen molar-refractivity contribution in [2.45, 2.75) is 0 Å². The Hall–Kier alpha value is -1.94. The second-order valence-corrected chi connectivity index (χ2v) is 4.32. The third kappa shape index (κ3) is 2.49. The van der Waals surface area contributed by atoms with Gasteiger partial charge in [0.1, 0.15) is 0 Å². The van der Waals surface area contributed by atoms with E-state index in [2.05, 4.69) is 5.32 Å². The van der Waals surface area contributed by atoms with Gasteiger partial charge in [-0.15, -0.1) is 0 Å². The van der Waals surface area contributed by atoms with Crippen LogP contribution in [-0.4, -0.2) is 20.0 Å². The number of furan rings is 1. The van der Waals surface area contributed by atoms with Crippen molar-refractivity contribution in [3.63, 3.8) is 0 Å². The molecule has 2 rings (SSSR count). The quantitative estimate of drug-likeness (QED) is 0.926. The Morgan fingerprint density at radius 2 is 2.00 bits per heavy atom. The number of hydrogen-bond donors (Lipinski definition) is 1. The lowest BCUT2D eigenvalue weighted by molar-refractivity contribution is 0.102. The van der Waals surface area contributed by atoms with Gasteiger partial charge >= 0.3 is 0 Å². The molecule has 94 valence electrons. The summed E-state index contributed by atoms with van der Waals surface area (Å²) in [6, 6.07) is 9.07. The lowest BCUT2D eigenvalue weighted by Crippen LogP contribution is -2.16. The van der Waals surface area contributed by atoms with Crippen molar-refractivity contribution >= 4 is 28.9 Å². The molecule has 0 fully saturated rings. The fourth-order valence-corrected chi connectivity index (χ4v) is 1.81. The highest BCUT2D eigenvalue weighted by Crippen LogP contribution is 2.25. The summed E-state index contributed by atoms with van der Waals surface area (Å²) in [5.74, 6) is -0.289. The lowest BCUT2D eigenvalue weighted by Gasteiger charge is -2.17. The fraction of sp³-hybridized carbons (Fsp3) is 0.154. The van der Waals surface area contributed by atoms with E-state index in [1.54, 1.807) is 0 Å². The molecule has 0 bridgehead atoms. The molecule has 1 N–H and O–H groups in total. The molecule has 4 nitrogen and oxygen atoms in total. The summed E-state index contributed by atoms with van der Waals surface area (Å²) in [6.07, 6.45) is 1.38. The predicted octanol–water partition coefficient (Wildman–Crippen LogP) is 3.25. The van der Waals surface area contributed by atoms with Crippen LogP contribution < -0.4 is 10.2 Å². The van der Waals surface area contributed by atoms with Crippen molar-refractivity contribution in [3.8, 4) is 0 Å². The molecule has 0 aliphatic rings. The minimum absolute atomic E-state index is 0.0924. The average molecular weight is 265 g/mol. The Morgan fingerprint density at radius 1 is 1.28 bits per heavy atom. The van der Waals surface area contributed by atoms with Gasteiger partial charge in [0.05, 0.1) is 23.2 Å². The van der Waals surface area contributed by atoms with Crippen LogP contribution in [0.1, 0.15) is 10.4 Å². The first-order valence-electron chi connectivity index (χ1n) is 5.40. The fourth-order valence-electron chi connectivity index (χ4n) is 1.61. The summed E-state index contributed by atoms with van der Waals surface area (Å²) in [5.41, 5.74) is 1.97. The number of para-hydroxylation sites is 2. The molecule has 18 heavy (non-hydrogen) atoms. The number of halogens is 1. The van der Waals surface area contributed by atoms with Crippen molar-refractivity contribution < 1.29 is 9.21 Å². The van der Waals surface area contributed by atoms with E-state index >= 15 is 0 Å². The molecule has 1 heterocycles. The number of rotatable bonds is 3. The van der Waals surface area contributed by atoms with E-state index in [1.165, 1.54) is 12.3 Å². The SMILES string of the molecule is CN(C)c1ccccc1NC(=O)c1ccoc1Cl. The second-order valence-electron chi connectivity index (χ2n) is 3.97. The Morgan fingerprint density at radius 3 is 2.61 bits per heavy atom. The number of amides is 1. The van der Waals surface area contributed by atoms with E-state index in [0.29, 0.717) is 5.56 Å². The van der Waals surface area contributed by atoms with Gasteiger partial charge in [0.2, 0.25) is 5.22 Å². The Labute approximate surface area is 110 Å². The van der Waals surface area contributed by atoms with E-state index in [-0.39, 0.29) is 11.1 Å². The third-order valence-corrected chi connectivity index (χ3v) is 2.79. The van der Waals surface area contributed by atoms with E-state index in [0.717, 1.165) is 11.4 Å². The standard InChI is InChI=1S/C13H13ClN2O2/c1-16(2)11-6-4-3-5-10(11)15-13(17)9-7-8-18-12(9)14/h3-8H,1-2H3,(H,15,17). The molecule has 1 amide bonds. The van der Waals surface area contributed by atoms with Crippen LogP contribution in [0.2, 0.25) is 5.22 Å². The summed E-state index contributed by atoms with van der Waals surface area (Å²) in [6.45, 7) is 0. The van der Waals surface area contributed by atoms with Gasteiger partial charge in [-0.05, 0) is 29.8 Å². The van der Waals surface area contributed by atoms with Gasteiger partial charge in [-0.1, -0.05) is 12.1 Å². The zero-order valence-electron chi connectivity index (χ0n) is 10.1. The van der Waals surface area contributed by atoms with Crippen LogP contribution in [0.25, 0.3) is 0 Å². The molecule has 0 aliphatic carbocycles. The van der Waals surface area contributed by atoms with E-state index in [1.807, 2.05) is 43.3 Å². The van der Waals surface area contributed by atoms with Crippen molar-refractivity contribution in [3.05, 3.63) is 47.4 Å². The minimum atomic E-state index is -0.289. The van der Waals surface area contributed by atoms with Gasteiger partial charge in [-0.3, -0.25) is 4.79 Å². The largest absolute Gasteiger partial charge is 0.452 e. The number of benzene rings is 1. The molecular weight excluding hydrogens is 252 g/mol. The number of carbonyl (C=O) groups excluding carboxylic acids is 1. The van der Waals surface area contributed by atoms with Gasteiger partial charge < -0.3 is 14.6 Å². The van der Waals surface area contributed by atoms with Gasteiger partial charge in [0.15, 0.2) is 0 Å². The number of nitrogens with one attached hydrogen (secondary N) is 1. The van der Waals surface area contributed by atoms with Crippen LogP contribution in [-0.2, 0) is 0 Å². The maximum Gasteiger partial charge on any atom is 0.260 e. The van der Waals surface area contributed by atoms with Gasteiger partial charge in [0, 0.05) is 14.1 Å². The summed E-state index contributed by atoms with van der Waals surface area (Å²) < 4.78 is 4.90. The number of hydrogen-bond acceptors (Lipinski definition) is 3. The third-order valence-electron chi connectivity index (χ3n) is 2.50. The van der Waals surface area contributed by atoms with Crippen molar-refractivity contribution in [1.29, 1.82) is 0 Å². The number of anilines is 2. The maximum absolute atomic E-state index is 12.0. The van der Waals surface area contributed by atoms with Crippen molar-refractivity contribution in [2.24, 2.45) is 0 Å². The number of nitrogens with zero attached hydrogens (tertiary/aromatic N) is 1. The Bertz CT molecular complexity index is 564. The van der Waals surface area contributed by atoms with E-state index in [9.17, 15) is 4.79 Å². The van der Waals surface area contributed by atoms with Crippen LogP contribution in [0, 0.1) is 0 Å². The highest BCUT2D eigenvalue weighted by Gasteiger charge is 2.14. The average Bonchev–Trinajstić information content (AvgIpc) is 2.76. The first kappa shape index (κ1) is 12.5. The van der Waals surface area contributed by atoms with E-state index < -0.39 is 0 Å². The summed E-state index contributed by atoms with van der Waals surface area (Å²) in [4.78, 5) is 13.9. The molecule has 1 aromatic carbocycles. The van der Waals surface area contributed by atoms with Crippen molar-refractivity contribution in [2.75, 3.05) is 24.3 Å². The highest BCUT2D eigenvalue weighted by atomic mass is 35.5. The number of carbonyl (C=O) groups is 1.